The molecule has 3 nitrogen and oxygen atoms in total. The van der Waals surface area contributed by atoms with Crippen LogP contribution in [0.5, 0.6) is 0 Å². The molecule has 0 saturated carbocycles. The molecule has 0 radical (unpaired) electrons. The van der Waals surface area contributed by atoms with Gasteiger partial charge in [-0.05, 0) is 25.9 Å². The van der Waals surface area contributed by atoms with Gasteiger partial charge in [-0.25, -0.2) is 0 Å². The standard InChI is InChI=1S/C8H14N2O/c11-8-5-10(6-8)7-1-3-9-4-2-7/h7,9H,1-6H2. The Kier molecular flexibility index (Phi) is 1.92. The third-order valence-corrected chi connectivity index (χ3v) is 2.58. The molecule has 62 valence electrons. The van der Waals surface area contributed by atoms with E-state index in [1.54, 1.807) is 0 Å². The molecule has 3 heteroatoms. The zero-order valence-corrected chi connectivity index (χ0v) is 6.68. The Balaban J connectivity index is 1.80. The summed E-state index contributed by atoms with van der Waals surface area (Å²) in [4.78, 5) is 13.0. The van der Waals surface area contributed by atoms with Crippen molar-refractivity contribution in [1.29, 1.82) is 0 Å². The van der Waals surface area contributed by atoms with Gasteiger partial charge in [0.05, 0.1) is 13.1 Å². The van der Waals surface area contributed by atoms with Crippen LogP contribution < -0.4 is 5.32 Å². The van der Waals surface area contributed by atoms with E-state index in [1.165, 1.54) is 12.8 Å². The van der Waals surface area contributed by atoms with E-state index in [0.717, 1.165) is 13.1 Å². The van der Waals surface area contributed by atoms with Crippen molar-refractivity contribution in [3.05, 3.63) is 0 Å². The summed E-state index contributed by atoms with van der Waals surface area (Å²) in [6, 6.07) is 0.689. The summed E-state index contributed by atoms with van der Waals surface area (Å²) in [5.41, 5.74) is 0. The zero-order chi connectivity index (χ0) is 7.68. The Morgan fingerprint density at radius 2 is 1.91 bits per heavy atom. The number of nitrogens with zero attached hydrogens (tertiary/aromatic N) is 1. The van der Waals surface area contributed by atoms with Crippen molar-refractivity contribution in [2.75, 3.05) is 26.2 Å². The van der Waals surface area contributed by atoms with Gasteiger partial charge in [-0.3, -0.25) is 9.69 Å². The minimum Gasteiger partial charge on any atom is -0.317 e. The Morgan fingerprint density at radius 3 is 2.45 bits per heavy atom. The molecule has 2 heterocycles. The molecule has 0 aromatic carbocycles. The van der Waals surface area contributed by atoms with E-state index in [4.69, 9.17) is 0 Å². The molecule has 0 spiro atoms. The maximum Gasteiger partial charge on any atom is 0.160 e. The highest BCUT2D eigenvalue weighted by Gasteiger charge is 2.30. The zero-order valence-electron chi connectivity index (χ0n) is 6.68. The number of hydrogen-bond acceptors (Lipinski definition) is 3. The first-order chi connectivity index (χ1) is 5.36. The molecule has 0 aromatic heterocycles. The minimum absolute atomic E-state index is 0.406. The highest BCUT2D eigenvalue weighted by Crippen LogP contribution is 2.15. The molecule has 2 rings (SSSR count). The fourth-order valence-electron chi connectivity index (χ4n) is 1.84. The van der Waals surface area contributed by atoms with Gasteiger partial charge in [0.1, 0.15) is 0 Å². The summed E-state index contributed by atoms with van der Waals surface area (Å²) in [6.07, 6.45) is 2.43. The summed E-state index contributed by atoms with van der Waals surface area (Å²) in [7, 11) is 0. The second kappa shape index (κ2) is 2.91. The molecule has 0 bridgehead atoms. The molecule has 2 fully saturated rings. The third-order valence-electron chi connectivity index (χ3n) is 2.58. The van der Waals surface area contributed by atoms with Crippen molar-refractivity contribution in [2.45, 2.75) is 18.9 Å². The van der Waals surface area contributed by atoms with Crippen molar-refractivity contribution >= 4 is 5.78 Å². The second-order valence-corrected chi connectivity index (χ2v) is 3.42. The van der Waals surface area contributed by atoms with Gasteiger partial charge in [0.15, 0.2) is 5.78 Å². The molecule has 0 aromatic rings. The molecule has 0 unspecified atom stereocenters. The average molecular weight is 154 g/mol. The van der Waals surface area contributed by atoms with E-state index >= 15 is 0 Å². The Hall–Kier alpha value is -0.410. The van der Waals surface area contributed by atoms with Crippen molar-refractivity contribution < 1.29 is 4.79 Å². The van der Waals surface area contributed by atoms with Crippen LogP contribution in [-0.4, -0.2) is 42.9 Å². The number of hydrogen-bond donors (Lipinski definition) is 1. The summed E-state index contributed by atoms with van der Waals surface area (Å²) in [5, 5.41) is 3.32. The number of rotatable bonds is 1. The monoisotopic (exact) mass is 154 g/mol. The average Bonchev–Trinajstić information content (AvgIpc) is 2.01. The lowest BCUT2D eigenvalue weighted by molar-refractivity contribution is -0.131. The van der Waals surface area contributed by atoms with Crippen LogP contribution >= 0.6 is 0 Å². The first-order valence-corrected chi connectivity index (χ1v) is 4.33. The maximum atomic E-state index is 10.7. The van der Waals surface area contributed by atoms with Gasteiger partial charge >= 0.3 is 0 Å². The number of piperidine rings is 1. The predicted octanol–water partition coefficient (Wildman–Crippen LogP) is -0.377. The predicted molar refractivity (Wildman–Crippen MR) is 42.5 cm³/mol. The molecular formula is C8H14N2O. The second-order valence-electron chi connectivity index (χ2n) is 3.42. The van der Waals surface area contributed by atoms with Crippen molar-refractivity contribution in [1.82, 2.24) is 10.2 Å². The van der Waals surface area contributed by atoms with E-state index in [1.807, 2.05) is 0 Å². The van der Waals surface area contributed by atoms with Crippen molar-refractivity contribution in [2.24, 2.45) is 0 Å². The lowest BCUT2D eigenvalue weighted by Gasteiger charge is -2.39. The van der Waals surface area contributed by atoms with Gasteiger partial charge in [0, 0.05) is 6.04 Å². The number of ketones is 1. The van der Waals surface area contributed by atoms with Crippen molar-refractivity contribution in [3.8, 4) is 0 Å². The molecular weight excluding hydrogens is 140 g/mol. The third kappa shape index (κ3) is 1.44. The number of Topliss-reactive ketones (excluding diaryl/α,β-unsaturated/α-hetero) is 1. The molecule has 0 amide bonds. The van der Waals surface area contributed by atoms with E-state index in [-0.39, 0.29) is 0 Å². The van der Waals surface area contributed by atoms with Gasteiger partial charge in [-0.15, -0.1) is 0 Å². The molecule has 11 heavy (non-hydrogen) atoms. The topological polar surface area (TPSA) is 32.3 Å². The molecule has 1 N–H and O–H groups in total. The smallest absolute Gasteiger partial charge is 0.160 e. The number of likely N-dealkylation sites (tertiary alicyclic amines) is 1. The van der Waals surface area contributed by atoms with Gasteiger partial charge in [-0.2, -0.15) is 0 Å². The Bertz CT molecular complexity index is 155. The van der Waals surface area contributed by atoms with E-state index in [0.29, 0.717) is 24.9 Å². The summed E-state index contributed by atoms with van der Waals surface area (Å²) < 4.78 is 0. The molecule has 2 aliphatic heterocycles. The Morgan fingerprint density at radius 1 is 1.27 bits per heavy atom. The first-order valence-electron chi connectivity index (χ1n) is 4.33. The van der Waals surface area contributed by atoms with Crippen LogP contribution in [-0.2, 0) is 4.79 Å². The van der Waals surface area contributed by atoms with Crippen LogP contribution in [0.25, 0.3) is 0 Å². The van der Waals surface area contributed by atoms with Gasteiger partial charge in [0.25, 0.3) is 0 Å². The van der Waals surface area contributed by atoms with E-state index in [2.05, 4.69) is 10.2 Å². The minimum atomic E-state index is 0.406. The highest BCUT2D eigenvalue weighted by molar-refractivity contribution is 5.87. The highest BCUT2D eigenvalue weighted by atomic mass is 16.1. The molecule has 2 aliphatic rings. The fourth-order valence-corrected chi connectivity index (χ4v) is 1.84. The van der Waals surface area contributed by atoms with Crippen molar-refractivity contribution in [3.63, 3.8) is 0 Å². The summed E-state index contributed by atoms with van der Waals surface area (Å²) >= 11 is 0. The largest absolute Gasteiger partial charge is 0.317 e. The quantitative estimate of drug-likeness (QED) is 0.559. The maximum absolute atomic E-state index is 10.7. The van der Waals surface area contributed by atoms with E-state index in [9.17, 15) is 4.79 Å². The van der Waals surface area contributed by atoms with Crippen LogP contribution in [0.4, 0.5) is 0 Å². The Labute approximate surface area is 66.8 Å². The lowest BCUT2D eigenvalue weighted by Crippen LogP contribution is -2.55. The number of nitrogens with one attached hydrogen (secondary N) is 1. The van der Waals surface area contributed by atoms with Crippen LogP contribution in [0.1, 0.15) is 12.8 Å². The number of carbonyl (C=O) groups is 1. The number of carbonyl (C=O) groups excluding carboxylic acids is 1. The molecule has 0 aliphatic carbocycles. The lowest BCUT2D eigenvalue weighted by atomic mass is 10.0. The van der Waals surface area contributed by atoms with Crippen LogP contribution in [0.3, 0.4) is 0 Å². The summed E-state index contributed by atoms with van der Waals surface area (Å²) in [6.45, 7) is 3.67. The van der Waals surface area contributed by atoms with Gasteiger partial charge in [-0.1, -0.05) is 0 Å². The SMILES string of the molecule is O=C1CN(C2CCNCC2)C1. The van der Waals surface area contributed by atoms with Crippen LogP contribution in [0, 0.1) is 0 Å². The fraction of sp³-hybridized carbons (Fsp3) is 0.875. The summed E-state index contributed by atoms with van der Waals surface area (Å²) in [5.74, 6) is 0.406. The van der Waals surface area contributed by atoms with Gasteiger partial charge < -0.3 is 5.32 Å². The van der Waals surface area contributed by atoms with Crippen LogP contribution in [0.15, 0.2) is 0 Å². The van der Waals surface area contributed by atoms with E-state index < -0.39 is 0 Å². The van der Waals surface area contributed by atoms with Crippen LogP contribution in [0.2, 0.25) is 0 Å². The van der Waals surface area contributed by atoms with Gasteiger partial charge in [0.2, 0.25) is 0 Å². The molecule has 0 atom stereocenters. The normalized spacial score (nSPS) is 28.5. The first kappa shape index (κ1) is 7.25. The molecule has 2 saturated heterocycles.